The van der Waals surface area contributed by atoms with Gasteiger partial charge in [0.25, 0.3) is 10.1 Å². The highest BCUT2D eigenvalue weighted by Gasteiger charge is 2.08. The maximum atomic E-state index is 12.5. The molecular weight excluding hydrogens is 436 g/mol. The molecule has 0 heterocycles. The van der Waals surface area contributed by atoms with Gasteiger partial charge in [0.15, 0.2) is 5.36 Å². The molecule has 0 fully saturated rings. The average molecular weight is 449 g/mol. The molecule has 0 aliphatic carbocycles. The molecule has 0 unspecified atom stereocenters. The number of hydrogen-bond acceptors (Lipinski definition) is 9. The zero-order chi connectivity index (χ0) is 21.9. The van der Waals surface area contributed by atoms with Crippen molar-refractivity contribution in [1.82, 2.24) is 0 Å². The lowest BCUT2D eigenvalue weighted by atomic mass is 10.3. The van der Waals surface area contributed by atoms with Crippen LogP contribution in [0.25, 0.3) is 0 Å². The van der Waals surface area contributed by atoms with Crippen LogP contribution in [0, 0.1) is 0 Å². The minimum atomic E-state index is -4.34. The van der Waals surface area contributed by atoms with E-state index in [9.17, 15) is 23.1 Å². The normalized spacial score (nSPS) is 12.7. The van der Waals surface area contributed by atoms with Gasteiger partial charge in [-0.15, -0.1) is 0 Å². The first-order valence-corrected chi connectivity index (χ1v) is 9.97. The van der Waals surface area contributed by atoms with Crippen LogP contribution < -0.4 is 32.4 Å². The second kappa shape index (κ2) is 8.45. The van der Waals surface area contributed by atoms with Crippen LogP contribution in [0.4, 0.5) is 11.4 Å². The second-order valence-corrected chi connectivity index (χ2v) is 7.73. The first-order valence-electron chi connectivity index (χ1n) is 8.16. The van der Waals surface area contributed by atoms with Crippen LogP contribution in [0.15, 0.2) is 79.3 Å². The first kappa shape index (κ1) is 21.2. The highest BCUT2D eigenvalue weighted by molar-refractivity contribution is 7.85. The van der Waals surface area contributed by atoms with Gasteiger partial charge in [-0.1, -0.05) is 11.6 Å². The number of nitrogens with one attached hydrogen (secondary N) is 2. The molecular formula is C18H13ClN4O6S. The lowest BCUT2D eigenvalue weighted by molar-refractivity contribution is 0.477. The largest absolute Gasteiger partial charge is 0.506 e. The number of phenolic OH excluding ortho intramolecular Hbond substituents is 1. The highest BCUT2D eigenvalue weighted by Crippen LogP contribution is 2.26. The smallest absolute Gasteiger partial charge is 0.294 e. The van der Waals surface area contributed by atoms with Gasteiger partial charge in [-0.2, -0.15) is 18.6 Å². The molecule has 3 aromatic carbocycles. The molecule has 0 amide bonds. The van der Waals surface area contributed by atoms with E-state index in [0.717, 1.165) is 18.2 Å². The van der Waals surface area contributed by atoms with Crippen LogP contribution in [0.1, 0.15) is 0 Å². The Bertz CT molecular complexity index is 1430. The lowest BCUT2D eigenvalue weighted by Gasteiger charge is -2.03. The van der Waals surface area contributed by atoms with Crippen LogP contribution in [-0.2, 0) is 10.1 Å². The van der Waals surface area contributed by atoms with E-state index in [1.165, 1.54) is 36.4 Å². The minimum Gasteiger partial charge on any atom is -0.506 e. The Balaban J connectivity index is 1.92. The minimum absolute atomic E-state index is 0.133. The molecule has 0 saturated heterocycles. The van der Waals surface area contributed by atoms with Gasteiger partial charge in [-0.25, -0.2) is 0 Å². The fourth-order valence-electron chi connectivity index (χ4n) is 2.28. The van der Waals surface area contributed by atoms with E-state index in [1.807, 2.05) is 0 Å². The van der Waals surface area contributed by atoms with Crippen LogP contribution in [0.2, 0.25) is 5.02 Å². The molecule has 4 N–H and O–H groups in total. The van der Waals surface area contributed by atoms with Crippen LogP contribution in [-0.4, -0.2) is 18.1 Å². The fourth-order valence-corrected chi connectivity index (χ4v) is 2.92. The zero-order valence-corrected chi connectivity index (χ0v) is 16.5. The van der Waals surface area contributed by atoms with Crippen LogP contribution in [0.5, 0.6) is 5.75 Å². The summed E-state index contributed by atoms with van der Waals surface area (Å²) >= 11 is 5.75. The van der Waals surface area contributed by atoms with E-state index in [0.29, 0.717) is 5.02 Å². The quantitative estimate of drug-likeness (QED) is 0.253. The molecule has 12 heteroatoms. The fraction of sp³-hybridized carbons (Fsp3) is 0. The number of benzene rings is 3. The molecule has 154 valence electrons. The number of phenols is 1. The van der Waals surface area contributed by atoms with Crippen LogP contribution >= 0.6 is 11.6 Å². The summed E-state index contributed by atoms with van der Waals surface area (Å²) in [5, 5.41) is 17.2. The van der Waals surface area contributed by atoms with E-state index in [-0.39, 0.29) is 27.4 Å². The monoisotopic (exact) mass is 448 g/mol. The summed E-state index contributed by atoms with van der Waals surface area (Å²) in [5.41, 5.74) is 4.02. The maximum absolute atomic E-state index is 12.5. The number of rotatable bonds is 5. The predicted octanol–water partition coefficient (Wildman–Crippen LogP) is 0.744. The Hall–Kier alpha value is -3.54. The number of aromatic hydroxyl groups is 1. The zero-order valence-electron chi connectivity index (χ0n) is 14.9. The molecule has 0 radical (unpaired) electrons. The predicted molar refractivity (Wildman–Crippen MR) is 109 cm³/mol. The van der Waals surface area contributed by atoms with Crippen molar-refractivity contribution in [1.29, 1.82) is 0 Å². The Labute approximate surface area is 173 Å². The van der Waals surface area contributed by atoms with E-state index in [4.69, 9.17) is 16.2 Å². The Kier molecular flexibility index (Phi) is 5.96. The molecule has 0 bridgehead atoms. The number of anilines is 2. The van der Waals surface area contributed by atoms with Crippen molar-refractivity contribution in [2.75, 3.05) is 10.9 Å². The van der Waals surface area contributed by atoms with E-state index < -0.39 is 26.3 Å². The van der Waals surface area contributed by atoms with Crippen LogP contribution in [0.3, 0.4) is 0 Å². The van der Waals surface area contributed by atoms with Gasteiger partial charge in [0, 0.05) is 11.1 Å². The molecule has 0 saturated carbocycles. The SMILES string of the molecule is O=c1cc/c(=N/Nc2ccc(Cl)cc2O)c(=O)/c1=N/Nc1ccc(S(=O)(=O)O)cc1. The third-order valence-electron chi connectivity index (χ3n) is 3.78. The Morgan fingerprint density at radius 1 is 0.900 bits per heavy atom. The summed E-state index contributed by atoms with van der Waals surface area (Å²) in [7, 11) is -4.34. The summed E-state index contributed by atoms with van der Waals surface area (Å²) < 4.78 is 31.0. The summed E-state index contributed by atoms with van der Waals surface area (Å²) in [6, 6.07) is 11.4. The topological polar surface area (TPSA) is 158 Å². The standard InChI is InChI=1S/C18H13ClN4O6S/c19-10-1-6-13(16(25)9-10)21-22-14-7-8-15(24)17(18(14)26)23-20-11-2-4-12(5-3-11)30(27,28)29/h1-9,20-21,25H,(H,27,28,29)/b22-14-,23-17+. The molecule has 0 aliphatic rings. The third kappa shape index (κ3) is 4.89. The summed E-state index contributed by atoms with van der Waals surface area (Å²) in [6.45, 7) is 0. The van der Waals surface area contributed by atoms with Crippen molar-refractivity contribution in [2.45, 2.75) is 4.90 Å². The molecule has 0 aromatic heterocycles. The van der Waals surface area contributed by atoms with Crippen molar-refractivity contribution in [3.05, 3.63) is 90.8 Å². The van der Waals surface area contributed by atoms with Crippen molar-refractivity contribution in [3.63, 3.8) is 0 Å². The molecule has 0 atom stereocenters. The van der Waals surface area contributed by atoms with Gasteiger partial charge in [-0.05, 0) is 48.5 Å². The maximum Gasteiger partial charge on any atom is 0.294 e. The van der Waals surface area contributed by atoms with Gasteiger partial charge < -0.3 is 5.11 Å². The Morgan fingerprint density at radius 2 is 1.60 bits per heavy atom. The number of hydrogen-bond donors (Lipinski definition) is 4. The average Bonchev–Trinajstić information content (AvgIpc) is 2.68. The van der Waals surface area contributed by atoms with Gasteiger partial charge in [0.2, 0.25) is 10.9 Å². The molecule has 0 spiro atoms. The van der Waals surface area contributed by atoms with Gasteiger partial charge >= 0.3 is 0 Å². The lowest BCUT2D eigenvalue weighted by Crippen LogP contribution is -2.47. The van der Waals surface area contributed by atoms with Crippen molar-refractivity contribution in [3.8, 4) is 5.75 Å². The van der Waals surface area contributed by atoms with E-state index in [1.54, 1.807) is 0 Å². The third-order valence-corrected chi connectivity index (χ3v) is 4.88. The van der Waals surface area contributed by atoms with Gasteiger partial charge in [0.05, 0.1) is 16.3 Å². The molecule has 0 aliphatic heterocycles. The van der Waals surface area contributed by atoms with Gasteiger partial charge in [-0.3, -0.25) is 25.0 Å². The van der Waals surface area contributed by atoms with Gasteiger partial charge in [0.1, 0.15) is 11.1 Å². The van der Waals surface area contributed by atoms with Crippen molar-refractivity contribution in [2.24, 2.45) is 10.2 Å². The second-order valence-electron chi connectivity index (χ2n) is 5.87. The number of halogens is 1. The summed E-state index contributed by atoms with van der Waals surface area (Å²) in [5.74, 6) is -0.181. The number of nitrogens with zero attached hydrogens (tertiary/aromatic N) is 2. The Morgan fingerprint density at radius 3 is 2.23 bits per heavy atom. The molecule has 30 heavy (non-hydrogen) atoms. The van der Waals surface area contributed by atoms with Crippen molar-refractivity contribution < 1.29 is 18.1 Å². The molecule has 3 rings (SSSR count). The van der Waals surface area contributed by atoms with Crippen molar-refractivity contribution >= 4 is 33.1 Å². The first-order chi connectivity index (χ1) is 14.1. The molecule has 3 aromatic rings. The highest BCUT2D eigenvalue weighted by atomic mass is 35.5. The summed E-state index contributed by atoms with van der Waals surface area (Å²) in [4.78, 5) is 24.2. The molecule has 10 nitrogen and oxygen atoms in total. The van der Waals surface area contributed by atoms with E-state index in [2.05, 4.69) is 21.1 Å². The summed E-state index contributed by atoms with van der Waals surface area (Å²) in [6.07, 6.45) is 0. The van der Waals surface area contributed by atoms with E-state index >= 15 is 0 Å².